The van der Waals surface area contributed by atoms with Crippen LogP contribution in [0.4, 0.5) is 0 Å². The molecule has 1 heterocycles. The zero-order valence-electron chi connectivity index (χ0n) is 15.4. The van der Waals surface area contributed by atoms with Gasteiger partial charge in [0.1, 0.15) is 5.75 Å². The van der Waals surface area contributed by atoms with Gasteiger partial charge in [0.05, 0.1) is 7.11 Å². The lowest BCUT2D eigenvalue weighted by molar-refractivity contribution is -0.134. The van der Waals surface area contributed by atoms with Gasteiger partial charge in [-0.2, -0.15) is 0 Å². The molecule has 1 aromatic carbocycles. The van der Waals surface area contributed by atoms with Gasteiger partial charge in [-0.3, -0.25) is 9.59 Å². The van der Waals surface area contributed by atoms with Crippen LogP contribution in [0.25, 0.3) is 0 Å². The highest BCUT2D eigenvalue weighted by atomic mass is 16.5. The van der Waals surface area contributed by atoms with Crippen LogP contribution in [0.15, 0.2) is 12.1 Å². The van der Waals surface area contributed by atoms with Crippen molar-refractivity contribution in [2.45, 2.75) is 34.1 Å². The highest BCUT2D eigenvalue weighted by Gasteiger charge is 2.25. The van der Waals surface area contributed by atoms with Crippen molar-refractivity contribution in [3.8, 4) is 5.75 Å². The minimum Gasteiger partial charge on any atom is -0.496 e. The first-order valence-electron chi connectivity index (χ1n) is 8.58. The van der Waals surface area contributed by atoms with Gasteiger partial charge in [0.15, 0.2) is 0 Å². The summed E-state index contributed by atoms with van der Waals surface area (Å²) in [6, 6.07) is 3.81. The molecule has 0 radical (unpaired) electrons. The Hall–Kier alpha value is -2.04. The van der Waals surface area contributed by atoms with E-state index in [0.717, 1.165) is 35.4 Å². The van der Waals surface area contributed by atoms with Crippen LogP contribution in [0.2, 0.25) is 0 Å². The van der Waals surface area contributed by atoms with Crippen LogP contribution in [0, 0.1) is 19.8 Å². The van der Waals surface area contributed by atoms with Crippen LogP contribution in [0.1, 0.15) is 41.8 Å². The molecule has 24 heavy (non-hydrogen) atoms. The maximum Gasteiger partial charge on any atom is 0.254 e. The first kappa shape index (κ1) is 18.3. The van der Waals surface area contributed by atoms with E-state index >= 15 is 0 Å². The average Bonchev–Trinajstić information content (AvgIpc) is 2.81. The van der Waals surface area contributed by atoms with Gasteiger partial charge in [-0.05, 0) is 43.5 Å². The Morgan fingerprint density at radius 1 is 1.00 bits per heavy atom. The molecule has 0 N–H and O–H groups in total. The quantitative estimate of drug-likeness (QED) is 0.855. The second-order valence-corrected chi connectivity index (χ2v) is 6.76. The molecule has 0 aliphatic carbocycles. The fourth-order valence-corrected chi connectivity index (χ4v) is 3.12. The van der Waals surface area contributed by atoms with Crippen molar-refractivity contribution in [3.63, 3.8) is 0 Å². The number of ether oxygens (including phenoxy) is 1. The number of amides is 2. The maximum absolute atomic E-state index is 12.9. The van der Waals surface area contributed by atoms with Crippen LogP contribution in [0.3, 0.4) is 0 Å². The zero-order valence-corrected chi connectivity index (χ0v) is 15.4. The molecule has 1 saturated heterocycles. The SMILES string of the molecule is COc1cc(C)c(C(=O)N2CCCN(C(=O)C(C)C)CC2)cc1C. The van der Waals surface area contributed by atoms with Crippen molar-refractivity contribution < 1.29 is 14.3 Å². The molecule has 1 aliphatic heterocycles. The summed E-state index contributed by atoms with van der Waals surface area (Å²) in [5, 5.41) is 0. The number of benzene rings is 1. The van der Waals surface area contributed by atoms with E-state index in [0.29, 0.717) is 19.6 Å². The number of aryl methyl sites for hydroxylation is 2. The summed E-state index contributed by atoms with van der Waals surface area (Å²) in [7, 11) is 1.64. The smallest absolute Gasteiger partial charge is 0.254 e. The third-order valence-electron chi connectivity index (χ3n) is 4.56. The fourth-order valence-electron chi connectivity index (χ4n) is 3.12. The van der Waals surface area contributed by atoms with Crippen LogP contribution < -0.4 is 4.74 Å². The molecule has 5 nitrogen and oxygen atoms in total. The van der Waals surface area contributed by atoms with Crippen molar-refractivity contribution in [2.75, 3.05) is 33.3 Å². The third-order valence-corrected chi connectivity index (χ3v) is 4.56. The Morgan fingerprint density at radius 2 is 1.62 bits per heavy atom. The molecule has 2 rings (SSSR count). The van der Waals surface area contributed by atoms with Crippen molar-refractivity contribution >= 4 is 11.8 Å². The van der Waals surface area contributed by atoms with Crippen molar-refractivity contribution in [1.29, 1.82) is 0 Å². The van der Waals surface area contributed by atoms with E-state index in [1.54, 1.807) is 7.11 Å². The van der Waals surface area contributed by atoms with Gasteiger partial charge < -0.3 is 14.5 Å². The Morgan fingerprint density at radius 3 is 2.25 bits per heavy atom. The molecule has 1 aromatic rings. The molecule has 0 unspecified atom stereocenters. The van der Waals surface area contributed by atoms with Crippen LogP contribution >= 0.6 is 0 Å². The summed E-state index contributed by atoms with van der Waals surface area (Å²) < 4.78 is 5.32. The van der Waals surface area contributed by atoms with Gasteiger partial charge in [0.25, 0.3) is 5.91 Å². The summed E-state index contributed by atoms with van der Waals surface area (Å²) >= 11 is 0. The number of hydrogen-bond acceptors (Lipinski definition) is 3. The molecule has 0 aromatic heterocycles. The van der Waals surface area contributed by atoms with Crippen LogP contribution in [-0.4, -0.2) is 54.9 Å². The summed E-state index contributed by atoms with van der Waals surface area (Å²) in [4.78, 5) is 28.8. The standard InChI is InChI=1S/C19H28N2O3/c1-13(2)18(22)20-7-6-8-21(10-9-20)19(23)16-11-15(4)17(24-5)12-14(16)3/h11-13H,6-10H2,1-5H3. The molecule has 1 aliphatic rings. The number of carbonyl (C=O) groups is 2. The molecular weight excluding hydrogens is 304 g/mol. The van der Waals surface area contributed by atoms with E-state index in [9.17, 15) is 9.59 Å². The summed E-state index contributed by atoms with van der Waals surface area (Å²) in [5.74, 6) is 1.00. The lowest BCUT2D eigenvalue weighted by Gasteiger charge is -2.24. The summed E-state index contributed by atoms with van der Waals surface area (Å²) in [5.41, 5.74) is 2.59. The Kier molecular flexibility index (Phi) is 5.86. The fraction of sp³-hybridized carbons (Fsp3) is 0.579. The summed E-state index contributed by atoms with van der Waals surface area (Å²) in [6.45, 7) is 10.3. The predicted octanol–water partition coefficient (Wildman–Crippen LogP) is 2.64. The first-order valence-corrected chi connectivity index (χ1v) is 8.58. The second kappa shape index (κ2) is 7.69. The topological polar surface area (TPSA) is 49.9 Å². The van der Waals surface area contributed by atoms with Gasteiger partial charge in [0, 0.05) is 37.7 Å². The van der Waals surface area contributed by atoms with Gasteiger partial charge in [0.2, 0.25) is 5.91 Å². The van der Waals surface area contributed by atoms with Gasteiger partial charge in [-0.1, -0.05) is 13.8 Å². The number of rotatable bonds is 3. The molecule has 0 saturated carbocycles. The van der Waals surface area contributed by atoms with Crippen LogP contribution in [-0.2, 0) is 4.79 Å². The molecule has 0 bridgehead atoms. The van der Waals surface area contributed by atoms with Crippen LogP contribution in [0.5, 0.6) is 5.75 Å². The van der Waals surface area contributed by atoms with Crippen molar-refractivity contribution in [1.82, 2.24) is 9.80 Å². The highest BCUT2D eigenvalue weighted by molar-refractivity contribution is 5.96. The lowest BCUT2D eigenvalue weighted by Crippen LogP contribution is -2.39. The molecule has 5 heteroatoms. The number of nitrogens with zero attached hydrogens (tertiary/aromatic N) is 2. The van der Waals surface area contributed by atoms with E-state index in [2.05, 4.69) is 0 Å². The van der Waals surface area contributed by atoms with Gasteiger partial charge in [-0.25, -0.2) is 0 Å². The molecule has 2 amide bonds. The maximum atomic E-state index is 12.9. The Balaban J connectivity index is 2.13. The van der Waals surface area contributed by atoms with E-state index in [1.165, 1.54) is 0 Å². The minimum absolute atomic E-state index is 0.00117. The van der Waals surface area contributed by atoms with Gasteiger partial charge >= 0.3 is 0 Å². The van der Waals surface area contributed by atoms with Gasteiger partial charge in [-0.15, -0.1) is 0 Å². The average molecular weight is 332 g/mol. The monoisotopic (exact) mass is 332 g/mol. The van der Waals surface area contributed by atoms with E-state index in [1.807, 2.05) is 49.6 Å². The Bertz CT molecular complexity index is 625. The lowest BCUT2D eigenvalue weighted by atomic mass is 10.0. The summed E-state index contributed by atoms with van der Waals surface area (Å²) in [6.07, 6.45) is 0.818. The third kappa shape index (κ3) is 3.89. The highest BCUT2D eigenvalue weighted by Crippen LogP contribution is 2.24. The predicted molar refractivity (Wildman–Crippen MR) is 94.4 cm³/mol. The number of hydrogen-bond donors (Lipinski definition) is 0. The molecule has 0 atom stereocenters. The number of carbonyl (C=O) groups excluding carboxylic acids is 2. The normalized spacial score (nSPS) is 15.4. The molecule has 1 fully saturated rings. The van der Waals surface area contributed by atoms with E-state index in [-0.39, 0.29) is 17.7 Å². The Labute approximate surface area is 144 Å². The largest absolute Gasteiger partial charge is 0.496 e. The molecule has 0 spiro atoms. The zero-order chi connectivity index (χ0) is 17.9. The van der Waals surface area contributed by atoms with E-state index in [4.69, 9.17) is 4.74 Å². The van der Waals surface area contributed by atoms with Crippen molar-refractivity contribution in [3.05, 3.63) is 28.8 Å². The molecular formula is C19H28N2O3. The molecule has 132 valence electrons. The van der Waals surface area contributed by atoms with E-state index < -0.39 is 0 Å². The number of methoxy groups -OCH3 is 1. The first-order chi connectivity index (χ1) is 11.3. The minimum atomic E-state index is -0.00117. The second-order valence-electron chi connectivity index (χ2n) is 6.76. The van der Waals surface area contributed by atoms with Crippen molar-refractivity contribution in [2.24, 2.45) is 5.92 Å².